The van der Waals surface area contributed by atoms with Gasteiger partial charge in [0.15, 0.2) is 0 Å². The number of rotatable bonds is 8. The highest BCUT2D eigenvalue weighted by molar-refractivity contribution is 5.33. The Kier molecular flexibility index (Phi) is 6.89. The summed E-state index contributed by atoms with van der Waals surface area (Å²) in [5.74, 6) is 0. The average Bonchev–Trinajstić information content (AvgIpc) is 2.46. The van der Waals surface area contributed by atoms with Gasteiger partial charge in [-0.25, -0.2) is 0 Å². The van der Waals surface area contributed by atoms with Crippen molar-refractivity contribution in [1.82, 2.24) is 10.2 Å². The lowest BCUT2D eigenvalue weighted by Gasteiger charge is -2.46. The molecule has 1 N–H and O–H groups in total. The van der Waals surface area contributed by atoms with Crippen molar-refractivity contribution in [2.24, 2.45) is 0 Å². The van der Waals surface area contributed by atoms with E-state index in [1.54, 1.807) is 0 Å². The molecule has 1 atom stereocenters. The van der Waals surface area contributed by atoms with Crippen LogP contribution >= 0.6 is 0 Å². The molecule has 0 amide bonds. The van der Waals surface area contributed by atoms with Gasteiger partial charge in [0.25, 0.3) is 0 Å². The zero-order valence-electron chi connectivity index (χ0n) is 15.1. The molecule has 2 nitrogen and oxygen atoms in total. The zero-order valence-corrected chi connectivity index (χ0v) is 15.1. The van der Waals surface area contributed by atoms with Crippen molar-refractivity contribution in [3.8, 4) is 0 Å². The van der Waals surface area contributed by atoms with Crippen LogP contribution in [0.2, 0.25) is 0 Å². The molecule has 2 heteroatoms. The highest BCUT2D eigenvalue weighted by Crippen LogP contribution is 2.36. The molecule has 0 aliphatic carbocycles. The van der Waals surface area contributed by atoms with E-state index in [1.807, 2.05) is 0 Å². The first-order valence-electron chi connectivity index (χ1n) is 8.40. The molecule has 1 aromatic rings. The third-order valence-electron chi connectivity index (χ3n) is 5.12. The molecule has 1 rings (SSSR count). The van der Waals surface area contributed by atoms with Crippen LogP contribution in [0, 0.1) is 13.8 Å². The maximum absolute atomic E-state index is 3.81. The molecule has 120 valence electrons. The van der Waals surface area contributed by atoms with Gasteiger partial charge >= 0.3 is 0 Å². The summed E-state index contributed by atoms with van der Waals surface area (Å²) in [5, 5.41) is 3.81. The van der Waals surface area contributed by atoms with Crippen molar-refractivity contribution in [3.63, 3.8) is 0 Å². The maximum Gasteiger partial charge on any atom is 0.0506 e. The summed E-state index contributed by atoms with van der Waals surface area (Å²) >= 11 is 0. The highest BCUT2D eigenvalue weighted by atomic mass is 15.2. The molecule has 0 radical (unpaired) electrons. The average molecular weight is 290 g/mol. The van der Waals surface area contributed by atoms with E-state index in [4.69, 9.17) is 0 Å². The topological polar surface area (TPSA) is 15.3 Å². The second-order valence-corrected chi connectivity index (χ2v) is 6.44. The first-order valence-corrected chi connectivity index (χ1v) is 8.40. The Bertz CT molecular complexity index is 433. The molecule has 0 bridgehead atoms. The van der Waals surface area contributed by atoms with Crippen molar-refractivity contribution in [3.05, 3.63) is 34.9 Å². The standard InChI is InChI=1S/C19H34N2/c1-8-13-20-18(19(9-2,10-3)21(6)7)17-12-11-15(4)16(5)14-17/h11-12,14,18,20H,8-10,13H2,1-7H3. The Balaban J connectivity index is 3.28. The SMILES string of the molecule is CCCNC(c1ccc(C)c(C)c1)C(CC)(CC)N(C)C. The molecule has 1 aromatic carbocycles. The van der Waals surface area contributed by atoms with Crippen molar-refractivity contribution in [2.45, 2.75) is 65.5 Å². The quantitative estimate of drug-likeness (QED) is 0.760. The van der Waals surface area contributed by atoms with Gasteiger partial charge in [0.05, 0.1) is 6.04 Å². The number of hydrogen-bond donors (Lipinski definition) is 1. The minimum atomic E-state index is 0.164. The van der Waals surface area contributed by atoms with Crippen LogP contribution < -0.4 is 5.32 Å². The lowest BCUT2D eigenvalue weighted by molar-refractivity contribution is 0.0881. The van der Waals surface area contributed by atoms with E-state index in [1.165, 1.54) is 16.7 Å². The third kappa shape index (κ3) is 3.87. The number of likely N-dealkylation sites (N-methyl/N-ethyl adjacent to an activating group) is 1. The van der Waals surface area contributed by atoms with Crippen LogP contribution in [0.25, 0.3) is 0 Å². The Morgan fingerprint density at radius 1 is 1.05 bits per heavy atom. The predicted octanol–water partition coefficient (Wildman–Crippen LogP) is 4.46. The van der Waals surface area contributed by atoms with Crippen molar-refractivity contribution < 1.29 is 0 Å². The van der Waals surface area contributed by atoms with E-state index in [0.29, 0.717) is 6.04 Å². The fourth-order valence-corrected chi connectivity index (χ4v) is 3.40. The van der Waals surface area contributed by atoms with Gasteiger partial charge in [-0.2, -0.15) is 0 Å². The second-order valence-electron chi connectivity index (χ2n) is 6.44. The molecule has 0 fully saturated rings. The Hall–Kier alpha value is -0.860. The van der Waals surface area contributed by atoms with E-state index < -0.39 is 0 Å². The Morgan fingerprint density at radius 3 is 2.10 bits per heavy atom. The molecule has 0 spiro atoms. The summed E-state index contributed by atoms with van der Waals surface area (Å²) < 4.78 is 0. The van der Waals surface area contributed by atoms with Gasteiger partial charge in [-0.15, -0.1) is 0 Å². The van der Waals surface area contributed by atoms with Gasteiger partial charge in [0, 0.05) is 5.54 Å². The van der Waals surface area contributed by atoms with Gasteiger partial charge in [-0.05, 0) is 70.4 Å². The van der Waals surface area contributed by atoms with Crippen LogP contribution in [-0.4, -0.2) is 31.1 Å². The molecule has 0 aromatic heterocycles. The largest absolute Gasteiger partial charge is 0.308 e. The van der Waals surface area contributed by atoms with Gasteiger partial charge in [0.1, 0.15) is 0 Å². The van der Waals surface area contributed by atoms with Gasteiger partial charge in [-0.3, -0.25) is 0 Å². The minimum Gasteiger partial charge on any atom is -0.308 e. The first-order chi connectivity index (χ1) is 9.92. The number of benzene rings is 1. The second kappa shape index (κ2) is 7.95. The smallest absolute Gasteiger partial charge is 0.0506 e. The monoisotopic (exact) mass is 290 g/mol. The van der Waals surface area contributed by atoms with Crippen LogP contribution in [0.5, 0.6) is 0 Å². The van der Waals surface area contributed by atoms with Crippen LogP contribution in [-0.2, 0) is 0 Å². The lowest BCUT2D eigenvalue weighted by atomic mass is 9.79. The van der Waals surface area contributed by atoms with E-state index in [2.05, 4.69) is 77.1 Å². The van der Waals surface area contributed by atoms with E-state index in [9.17, 15) is 0 Å². The Labute approximate surface area is 131 Å². The van der Waals surface area contributed by atoms with Gasteiger partial charge in [0.2, 0.25) is 0 Å². The minimum absolute atomic E-state index is 0.164. The normalized spacial score (nSPS) is 13.7. The maximum atomic E-state index is 3.81. The van der Waals surface area contributed by atoms with Crippen molar-refractivity contribution in [1.29, 1.82) is 0 Å². The summed E-state index contributed by atoms with van der Waals surface area (Å²) in [5.41, 5.74) is 4.34. The van der Waals surface area contributed by atoms with Gasteiger partial charge in [-0.1, -0.05) is 39.0 Å². The van der Waals surface area contributed by atoms with E-state index >= 15 is 0 Å². The summed E-state index contributed by atoms with van der Waals surface area (Å²) in [7, 11) is 4.43. The fourth-order valence-electron chi connectivity index (χ4n) is 3.40. The Morgan fingerprint density at radius 2 is 1.67 bits per heavy atom. The molecule has 0 aliphatic rings. The molecule has 1 unspecified atom stereocenters. The van der Waals surface area contributed by atoms with Crippen LogP contribution in [0.15, 0.2) is 18.2 Å². The van der Waals surface area contributed by atoms with Gasteiger partial charge < -0.3 is 10.2 Å². The summed E-state index contributed by atoms with van der Waals surface area (Å²) in [4.78, 5) is 2.41. The van der Waals surface area contributed by atoms with Crippen LogP contribution in [0.1, 0.15) is 62.8 Å². The molecular formula is C19H34N2. The third-order valence-corrected chi connectivity index (χ3v) is 5.12. The molecule has 0 saturated heterocycles. The summed E-state index contributed by atoms with van der Waals surface area (Å²) in [6, 6.07) is 7.31. The van der Waals surface area contributed by atoms with E-state index in [-0.39, 0.29) is 5.54 Å². The summed E-state index contributed by atoms with van der Waals surface area (Å²) in [6.07, 6.45) is 3.45. The first kappa shape index (κ1) is 18.2. The lowest BCUT2D eigenvalue weighted by Crippen LogP contribution is -2.53. The molecule has 0 saturated carbocycles. The molecule has 0 aliphatic heterocycles. The van der Waals surface area contributed by atoms with E-state index in [0.717, 1.165) is 25.8 Å². The molecular weight excluding hydrogens is 256 g/mol. The number of aryl methyl sites for hydroxylation is 2. The number of nitrogens with zero attached hydrogens (tertiary/aromatic N) is 1. The fraction of sp³-hybridized carbons (Fsp3) is 0.684. The predicted molar refractivity (Wildman–Crippen MR) is 94.0 cm³/mol. The molecule has 21 heavy (non-hydrogen) atoms. The van der Waals surface area contributed by atoms with Crippen LogP contribution in [0.3, 0.4) is 0 Å². The highest BCUT2D eigenvalue weighted by Gasteiger charge is 2.38. The number of hydrogen-bond acceptors (Lipinski definition) is 2. The summed E-state index contributed by atoms with van der Waals surface area (Å²) in [6.45, 7) is 12.3. The molecule has 0 heterocycles. The van der Waals surface area contributed by atoms with Crippen molar-refractivity contribution >= 4 is 0 Å². The van der Waals surface area contributed by atoms with Crippen molar-refractivity contribution in [2.75, 3.05) is 20.6 Å². The van der Waals surface area contributed by atoms with Crippen LogP contribution in [0.4, 0.5) is 0 Å². The number of nitrogens with one attached hydrogen (secondary N) is 1. The zero-order chi connectivity index (χ0) is 16.0.